The molecule has 0 aliphatic heterocycles. The van der Waals surface area contributed by atoms with Gasteiger partial charge in [-0.1, -0.05) is 27.7 Å². The lowest BCUT2D eigenvalue weighted by molar-refractivity contribution is 0.0218. The Labute approximate surface area is 133 Å². The molecule has 0 bridgehead atoms. The molecule has 0 unspecified atom stereocenters. The Morgan fingerprint density at radius 3 is 2.29 bits per heavy atom. The van der Waals surface area contributed by atoms with Gasteiger partial charge in [0.1, 0.15) is 0 Å². The maximum absolute atomic E-state index is 5.84. The summed E-state index contributed by atoms with van der Waals surface area (Å²) in [5.41, 5.74) is 0.948. The van der Waals surface area contributed by atoms with Crippen molar-refractivity contribution >= 4 is 0 Å². The van der Waals surface area contributed by atoms with E-state index in [0.29, 0.717) is 16.9 Å². The molecular formula is C19H39NO. The molecular weight excluding hydrogens is 258 g/mol. The van der Waals surface area contributed by atoms with E-state index in [1.807, 2.05) is 0 Å². The molecule has 0 heterocycles. The minimum atomic E-state index is 0.358. The summed E-state index contributed by atoms with van der Waals surface area (Å²) in [6.45, 7) is 17.0. The van der Waals surface area contributed by atoms with E-state index < -0.39 is 0 Å². The average molecular weight is 298 g/mol. The normalized spacial score (nSPS) is 27.3. The van der Waals surface area contributed by atoms with Crippen molar-refractivity contribution in [1.29, 1.82) is 0 Å². The van der Waals surface area contributed by atoms with Gasteiger partial charge in [0.2, 0.25) is 0 Å². The van der Waals surface area contributed by atoms with Gasteiger partial charge in [-0.05, 0) is 75.7 Å². The van der Waals surface area contributed by atoms with Crippen molar-refractivity contribution in [3.8, 4) is 0 Å². The monoisotopic (exact) mass is 297 g/mol. The van der Waals surface area contributed by atoms with Gasteiger partial charge >= 0.3 is 0 Å². The molecule has 0 aromatic rings. The van der Waals surface area contributed by atoms with Crippen LogP contribution in [0.2, 0.25) is 0 Å². The molecule has 1 fully saturated rings. The fourth-order valence-electron chi connectivity index (χ4n) is 3.65. The third kappa shape index (κ3) is 6.69. The Morgan fingerprint density at radius 1 is 1.19 bits per heavy atom. The van der Waals surface area contributed by atoms with E-state index in [-0.39, 0.29) is 0 Å². The summed E-state index contributed by atoms with van der Waals surface area (Å²) in [4.78, 5) is 0. The minimum Gasteiger partial charge on any atom is -0.379 e. The molecule has 0 saturated heterocycles. The smallest absolute Gasteiger partial charge is 0.0518 e. The first-order valence-corrected chi connectivity index (χ1v) is 9.11. The highest BCUT2D eigenvalue weighted by molar-refractivity contribution is 4.90. The largest absolute Gasteiger partial charge is 0.379 e. The summed E-state index contributed by atoms with van der Waals surface area (Å²) in [6.07, 6.45) is 8.32. The Kier molecular flexibility index (Phi) is 7.70. The van der Waals surface area contributed by atoms with E-state index in [0.717, 1.165) is 19.1 Å². The van der Waals surface area contributed by atoms with Gasteiger partial charge in [0.05, 0.1) is 6.10 Å². The number of rotatable bonds is 8. The van der Waals surface area contributed by atoms with Gasteiger partial charge in [0.25, 0.3) is 0 Å². The molecule has 1 N–H and O–H groups in total. The molecule has 21 heavy (non-hydrogen) atoms. The molecule has 0 spiro atoms. The van der Waals surface area contributed by atoms with Crippen molar-refractivity contribution in [2.45, 2.75) is 86.2 Å². The summed E-state index contributed by atoms with van der Waals surface area (Å²) in [6, 6.07) is 0. The highest BCUT2D eigenvalue weighted by atomic mass is 16.5. The van der Waals surface area contributed by atoms with Crippen LogP contribution in [0.4, 0.5) is 0 Å². The SMILES string of the molecule is CCCNCC1(CCOC(C)C)CCC(C(C)(C)C)CC1. The number of nitrogens with one attached hydrogen (secondary N) is 1. The van der Waals surface area contributed by atoms with Crippen LogP contribution in [0, 0.1) is 16.7 Å². The van der Waals surface area contributed by atoms with Crippen LogP contribution in [-0.4, -0.2) is 25.8 Å². The van der Waals surface area contributed by atoms with Gasteiger partial charge in [-0.15, -0.1) is 0 Å². The zero-order chi connectivity index (χ0) is 15.9. The van der Waals surface area contributed by atoms with Crippen molar-refractivity contribution in [2.24, 2.45) is 16.7 Å². The standard InChI is InChI=1S/C19H39NO/c1-7-13-20-15-19(12-14-21-16(2)3)10-8-17(9-11-19)18(4,5)6/h16-17,20H,7-15H2,1-6H3. The Morgan fingerprint density at radius 2 is 1.81 bits per heavy atom. The van der Waals surface area contributed by atoms with E-state index in [2.05, 4.69) is 46.9 Å². The van der Waals surface area contributed by atoms with Gasteiger partial charge in [-0.2, -0.15) is 0 Å². The molecule has 0 aromatic heterocycles. The third-order valence-corrected chi connectivity index (χ3v) is 5.28. The Hall–Kier alpha value is -0.0800. The quantitative estimate of drug-likeness (QED) is 0.635. The summed E-state index contributed by atoms with van der Waals surface area (Å²) >= 11 is 0. The Balaban J connectivity index is 2.54. The third-order valence-electron chi connectivity index (χ3n) is 5.28. The van der Waals surface area contributed by atoms with Crippen LogP contribution in [0.1, 0.15) is 80.1 Å². The lowest BCUT2D eigenvalue weighted by Crippen LogP contribution is -2.41. The number of ether oxygens (including phenoxy) is 1. The van der Waals surface area contributed by atoms with Crippen LogP contribution in [0.25, 0.3) is 0 Å². The van der Waals surface area contributed by atoms with E-state index in [4.69, 9.17) is 4.74 Å². The molecule has 2 nitrogen and oxygen atoms in total. The fourth-order valence-corrected chi connectivity index (χ4v) is 3.65. The average Bonchev–Trinajstić information content (AvgIpc) is 2.38. The van der Waals surface area contributed by atoms with Crippen LogP contribution < -0.4 is 5.32 Å². The first-order chi connectivity index (χ1) is 9.79. The Bertz CT molecular complexity index is 272. The first-order valence-electron chi connectivity index (χ1n) is 9.11. The summed E-state index contributed by atoms with van der Waals surface area (Å²) < 4.78 is 5.84. The highest BCUT2D eigenvalue weighted by Crippen LogP contribution is 2.46. The van der Waals surface area contributed by atoms with E-state index in [9.17, 15) is 0 Å². The predicted molar refractivity (Wildman–Crippen MR) is 92.7 cm³/mol. The molecule has 1 rings (SSSR count). The van der Waals surface area contributed by atoms with Gasteiger partial charge in [0, 0.05) is 13.2 Å². The van der Waals surface area contributed by atoms with Crippen LogP contribution >= 0.6 is 0 Å². The molecule has 0 aromatic carbocycles. The zero-order valence-electron chi connectivity index (χ0n) is 15.4. The van der Waals surface area contributed by atoms with E-state index in [1.165, 1.54) is 45.1 Å². The number of hydrogen-bond donors (Lipinski definition) is 1. The molecule has 0 atom stereocenters. The number of hydrogen-bond acceptors (Lipinski definition) is 2. The van der Waals surface area contributed by atoms with Crippen molar-refractivity contribution < 1.29 is 4.74 Å². The zero-order valence-corrected chi connectivity index (χ0v) is 15.4. The second-order valence-electron chi connectivity index (χ2n) is 8.49. The van der Waals surface area contributed by atoms with Crippen molar-refractivity contribution in [3.63, 3.8) is 0 Å². The summed E-state index contributed by atoms with van der Waals surface area (Å²) in [7, 11) is 0. The fraction of sp³-hybridized carbons (Fsp3) is 1.00. The van der Waals surface area contributed by atoms with Crippen LogP contribution in [0.15, 0.2) is 0 Å². The van der Waals surface area contributed by atoms with Crippen molar-refractivity contribution in [2.75, 3.05) is 19.7 Å². The lowest BCUT2D eigenvalue weighted by Gasteiger charge is -2.44. The predicted octanol–water partition coefficient (Wildman–Crippen LogP) is 5.02. The second kappa shape index (κ2) is 8.53. The molecule has 126 valence electrons. The van der Waals surface area contributed by atoms with Gasteiger partial charge < -0.3 is 10.1 Å². The van der Waals surface area contributed by atoms with Crippen molar-refractivity contribution in [1.82, 2.24) is 5.32 Å². The maximum Gasteiger partial charge on any atom is 0.0518 e. The van der Waals surface area contributed by atoms with Gasteiger partial charge in [-0.3, -0.25) is 0 Å². The lowest BCUT2D eigenvalue weighted by atomic mass is 9.63. The van der Waals surface area contributed by atoms with Gasteiger partial charge in [0.15, 0.2) is 0 Å². The molecule has 0 radical (unpaired) electrons. The minimum absolute atomic E-state index is 0.358. The molecule has 2 heteroatoms. The van der Waals surface area contributed by atoms with Crippen LogP contribution in [-0.2, 0) is 4.74 Å². The van der Waals surface area contributed by atoms with Crippen LogP contribution in [0.3, 0.4) is 0 Å². The van der Waals surface area contributed by atoms with Crippen LogP contribution in [0.5, 0.6) is 0 Å². The summed E-state index contributed by atoms with van der Waals surface area (Å²) in [5.74, 6) is 0.891. The van der Waals surface area contributed by atoms with Crippen molar-refractivity contribution in [3.05, 3.63) is 0 Å². The maximum atomic E-state index is 5.84. The molecule has 1 saturated carbocycles. The van der Waals surface area contributed by atoms with Gasteiger partial charge in [-0.25, -0.2) is 0 Å². The highest BCUT2D eigenvalue weighted by Gasteiger charge is 2.38. The molecule has 1 aliphatic rings. The second-order valence-corrected chi connectivity index (χ2v) is 8.49. The molecule has 1 aliphatic carbocycles. The molecule has 0 amide bonds. The topological polar surface area (TPSA) is 21.3 Å². The summed E-state index contributed by atoms with van der Waals surface area (Å²) in [5, 5.41) is 3.68. The first kappa shape index (κ1) is 19.0. The van der Waals surface area contributed by atoms with E-state index in [1.54, 1.807) is 0 Å². The van der Waals surface area contributed by atoms with E-state index >= 15 is 0 Å².